The number of pyridine rings is 1. The maximum atomic E-state index is 13.5. The monoisotopic (exact) mass is 469 g/mol. The Morgan fingerprint density at radius 3 is 2.50 bits per heavy atom. The lowest BCUT2D eigenvalue weighted by molar-refractivity contribution is 0.0126. The van der Waals surface area contributed by atoms with Crippen LogP contribution in [0.25, 0.3) is 21.8 Å². The zero-order valence-electron chi connectivity index (χ0n) is 21.0. The number of ether oxygens (including phenoxy) is 4. The summed E-state index contributed by atoms with van der Waals surface area (Å²) in [4.78, 5) is 19.9. The molecule has 184 valence electrons. The summed E-state index contributed by atoms with van der Waals surface area (Å²) in [5.74, 6) is 1.14. The van der Waals surface area contributed by atoms with E-state index in [0.717, 1.165) is 35.7 Å². The highest BCUT2D eigenvalue weighted by Gasteiger charge is 2.56. The topological polar surface area (TPSA) is 75.1 Å². The van der Waals surface area contributed by atoms with Crippen LogP contribution in [0.5, 0.6) is 11.5 Å². The number of carbonyl (C=O) groups is 1. The first-order valence-electron chi connectivity index (χ1n) is 11.7. The van der Waals surface area contributed by atoms with Crippen molar-refractivity contribution < 1.29 is 23.7 Å². The van der Waals surface area contributed by atoms with Crippen LogP contribution >= 0.6 is 0 Å². The van der Waals surface area contributed by atoms with Crippen molar-refractivity contribution in [1.29, 1.82) is 0 Å². The number of nitrogens with zero attached hydrogens (tertiary/aromatic N) is 3. The molecule has 8 nitrogen and oxygen atoms in total. The van der Waals surface area contributed by atoms with Gasteiger partial charge in [0.1, 0.15) is 12.2 Å². The van der Waals surface area contributed by atoms with Crippen LogP contribution in [-0.4, -0.2) is 73.7 Å². The van der Waals surface area contributed by atoms with Crippen LogP contribution in [0.3, 0.4) is 0 Å². The third kappa shape index (κ3) is 4.70. The smallest absolute Gasteiger partial charge is 0.419 e. The Bertz CT molecular complexity index is 1170. The van der Waals surface area contributed by atoms with Crippen molar-refractivity contribution in [3.63, 3.8) is 0 Å². The van der Waals surface area contributed by atoms with E-state index < -0.39 is 5.60 Å². The first-order chi connectivity index (χ1) is 16.2. The van der Waals surface area contributed by atoms with E-state index in [4.69, 9.17) is 18.9 Å². The zero-order valence-corrected chi connectivity index (χ0v) is 21.0. The molecule has 0 N–H and O–H groups in total. The lowest BCUT2D eigenvalue weighted by Crippen LogP contribution is -2.35. The largest absolute Gasteiger partial charge is 0.493 e. The molecular weight excluding hydrogens is 434 g/mol. The number of carbonyl (C=O) groups excluding carboxylic acids is 1. The highest BCUT2D eigenvalue weighted by atomic mass is 16.6. The fourth-order valence-corrected chi connectivity index (χ4v) is 4.23. The van der Waals surface area contributed by atoms with Gasteiger partial charge in [-0.1, -0.05) is 20.8 Å². The Morgan fingerprint density at radius 1 is 1.09 bits per heavy atom. The fraction of sp³-hybridized carbons (Fsp3) is 0.538. The standard InChI is InChI=1S/C26H35N3O5/c1-25(2,3)26(8-9-26)34-24(30)29-20-7-10-27-17-19(20)18-15-22(31-6)23(16-21(18)29)33-14-13-32-12-11-28(4)5/h7,10,15-17H,8-9,11-14H2,1-6H3. The molecule has 3 aromatic rings. The summed E-state index contributed by atoms with van der Waals surface area (Å²) < 4.78 is 25.0. The Hall–Kier alpha value is -2.84. The van der Waals surface area contributed by atoms with Gasteiger partial charge in [0.25, 0.3) is 0 Å². The lowest BCUT2D eigenvalue weighted by Gasteiger charge is -2.30. The van der Waals surface area contributed by atoms with E-state index in [9.17, 15) is 4.79 Å². The first-order valence-corrected chi connectivity index (χ1v) is 11.7. The van der Waals surface area contributed by atoms with Crippen molar-refractivity contribution in [2.24, 2.45) is 5.41 Å². The molecule has 1 aromatic carbocycles. The van der Waals surface area contributed by atoms with Gasteiger partial charge < -0.3 is 23.8 Å². The summed E-state index contributed by atoms with van der Waals surface area (Å²) in [6, 6.07) is 5.56. The molecular formula is C26H35N3O5. The van der Waals surface area contributed by atoms with Gasteiger partial charge in [-0.15, -0.1) is 0 Å². The molecule has 2 aromatic heterocycles. The second-order valence-corrected chi connectivity index (χ2v) is 10.1. The van der Waals surface area contributed by atoms with Crippen molar-refractivity contribution in [3.8, 4) is 11.5 Å². The van der Waals surface area contributed by atoms with Crippen LogP contribution in [-0.2, 0) is 9.47 Å². The molecule has 8 heteroatoms. The molecule has 0 atom stereocenters. The molecule has 1 aliphatic carbocycles. The molecule has 0 spiro atoms. The van der Waals surface area contributed by atoms with Crippen molar-refractivity contribution in [3.05, 3.63) is 30.6 Å². The van der Waals surface area contributed by atoms with E-state index in [2.05, 4.69) is 30.7 Å². The number of likely N-dealkylation sites (N-methyl/N-ethyl adjacent to an activating group) is 1. The van der Waals surface area contributed by atoms with Gasteiger partial charge in [-0.3, -0.25) is 4.98 Å². The van der Waals surface area contributed by atoms with Crippen molar-refractivity contribution in [1.82, 2.24) is 14.5 Å². The first kappa shape index (κ1) is 24.3. The summed E-state index contributed by atoms with van der Waals surface area (Å²) in [6.45, 7) is 8.64. The molecule has 0 amide bonds. The van der Waals surface area contributed by atoms with Crippen LogP contribution in [0.1, 0.15) is 33.6 Å². The van der Waals surface area contributed by atoms with Crippen LogP contribution in [0.15, 0.2) is 30.6 Å². The maximum Gasteiger partial charge on any atom is 0.419 e. The van der Waals surface area contributed by atoms with Gasteiger partial charge in [0, 0.05) is 41.2 Å². The van der Waals surface area contributed by atoms with Gasteiger partial charge in [0.05, 0.1) is 31.4 Å². The van der Waals surface area contributed by atoms with Crippen LogP contribution in [0, 0.1) is 5.41 Å². The van der Waals surface area contributed by atoms with E-state index in [-0.39, 0.29) is 11.5 Å². The number of benzene rings is 1. The Labute approximate surface area is 200 Å². The fourth-order valence-electron chi connectivity index (χ4n) is 4.23. The minimum Gasteiger partial charge on any atom is -0.493 e. The van der Waals surface area contributed by atoms with Gasteiger partial charge in [0.2, 0.25) is 0 Å². The molecule has 34 heavy (non-hydrogen) atoms. The normalized spacial score (nSPS) is 15.1. The van der Waals surface area contributed by atoms with Crippen LogP contribution in [0.2, 0.25) is 0 Å². The number of fused-ring (bicyclic) bond motifs is 3. The maximum absolute atomic E-state index is 13.5. The molecule has 4 rings (SSSR count). The van der Waals surface area contributed by atoms with E-state index in [0.29, 0.717) is 36.8 Å². The SMILES string of the molecule is COc1cc2c3cnccc3n(C(=O)OC3(C(C)(C)C)CC3)c2cc1OCCOCCN(C)C. The second kappa shape index (κ2) is 9.43. The molecule has 1 saturated carbocycles. The summed E-state index contributed by atoms with van der Waals surface area (Å²) in [5.41, 5.74) is 0.871. The predicted molar refractivity (Wildman–Crippen MR) is 132 cm³/mol. The highest BCUT2D eigenvalue weighted by Crippen LogP contribution is 2.53. The van der Waals surface area contributed by atoms with Gasteiger partial charge in [0.15, 0.2) is 11.5 Å². The molecule has 0 saturated heterocycles. The molecule has 2 heterocycles. The van der Waals surface area contributed by atoms with E-state index in [1.165, 1.54) is 0 Å². The van der Waals surface area contributed by atoms with Gasteiger partial charge >= 0.3 is 6.09 Å². The van der Waals surface area contributed by atoms with Gasteiger partial charge in [-0.25, -0.2) is 9.36 Å². The quantitative estimate of drug-likeness (QED) is 0.420. The molecule has 1 aliphatic rings. The number of hydrogen-bond donors (Lipinski definition) is 0. The number of methoxy groups -OCH3 is 1. The Balaban J connectivity index is 1.66. The lowest BCUT2D eigenvalue weighted by atomic mass is 9.86. The third-order valence-electron chi connectivity index (χ3n) is 6.56. The molecule has 1 fully saturated rings. The summed E-state index contributed by atoms with van der Waals surface area (Å²) in [6.07, 6.45) is 4.80. The predicted octanol–water partition coefficient (Wildman–Crippen LogP) is 4.72. The minimum absolute atomic E-state index is 0.132. The number of hydrogen-bond acceptors (Lipinski definition) is 7. The Kier molecular flexibility index (Phi) is 6.73. The van der Waals surface area contributed by atoms with Crippen molar-refractivity contribution >= 4 is 27.9 Å². The number of aromatic nitrogens is 2. The van der Waals surface area contributed by atoms with Crippen LogP contribution < -0.4 is 9.47 Å². The highest BCUT2D eigenvalue weighted by molar-refractivity contribution is 6.13. The summed E-state index contributed by atoms with van der Waals surface area (Å²) >= 11 is 0. The molecule has 0 radical (unpaired) electrons. The summed E-state index contributed by atoms with van der Waals surface area (Å²) in [5, 5.41) is 1.71. The summed E-state index contributed by atoms with van der Waals surface area (Å²) in [7, 11) is 5.62. The van der Waals surface area contributed by atoms with Crippen molar-refractivity contribution in [2.75, 3.05) is 47.6 Å². The van der Waals surface area contributed by atoms with E-state index >= 15 is 0 Å². The second-order valence-electron chi connectivity index (χ2n) is 10.1. The molecule has 0 bridgehead atoms. The van der Waals surface area contributed by atoms with E-state index in [1.807, 2.05) is 32.3 Å². The van der Waals surface area contributed by atoms with Crippen LogP contribution in [0.4, 0.5) is 4.79 Å². The average molecular weight is 470 g/mol. The van der Waals surface area contributed by atoms with Gasteiger partial charge in [-0.05, 0) is 39.1 Å². The Morgan fingerprint density at radius 2 is 1.85 bits per heavy atom. The third-order valence-corrected chi connectivity index (χ3v) is 6.56. The molecule has 0 aliphatic heterocycles. The zero-order chi connectivity index (χ0) is 24.5. The minimum atomic E-state index is -0.435. The van der Waals surface area contributed by atoms with Gasteiger partial charge in [-0.2, -0.15) is 0 Å². The van der Waals surface area contributed by atoms with Crippen molar-refractivity contribution in [2.45, 2.75) is 39.2 Å². The van der Waals surface area contributed by atoms with E-state index in [1.54, 1.807) is 24.1 Å². The molecule has 0 unspecified atom stereocenters. The average Bonchev–Trinajstić information content (AvgIpc) is 3.50. The number of rotatable bonds is 9.